The van der Waals surface area contributed by atoms with E-state index in [1.54, 1.807) is 0 Å². The van der Waals surface area contributed by atoms with Gasteiger partial charge in [-0.2, -0.15) is 0 Å². The van der Waals surface area contributed by atoms with Crippen molar-refractivity contribution in [2.45, 2.75) is 57.0 Å². The van der Waals surface area contributed by atoms with Crippen LogP contribution in [-0.2, 0) is 4.79 Å². The van der Waals surface area contributed by atoms with Gasteiger partial charge in [0, 0.05) is 25.7 Å². The van der Waals surface area contributed by atoms with Gasteiger partial charge < -0.3 is 15.1 Å². The summed E-state index contributed by atoms with van der Waals surface area (Å²) < 4.78 is 0. The van der Waals surface area contributed by atoms with E-state index >= 15 is 0 Å². The summed E-state index contributed by atoms with van der Waals surface area (Å²) in [5, 5.41) is 3.63. The average molecular weight is 366 g/mol. The topological polar surface area (TPSA) is 35.6 Å². The van der Waals surface area contributed by atoms with Crippen molar-refractivity contribution in [3.05, 3.63) is 0 Å². The van der Waals surface area contributed by atoms with Crippen LogP contribution in [0.2, 0.25) is 0 Å². The molecule has 2 saturated heterocycles. The zero-order valence-electron chi connectivity index (χ0n) is 14.5. The number of carbonyl (C=O) groups excluding carboxylic acids is 1. The molecule has 136 valence electrons. The molecule has 1 saturated carbocycles. The second kappa shape index (κ2) is 9.45. The lowest BCUT2D eigenvalue weighted by Crippen LogP contribution is -2.48. The molecule has 2 heterocycles. The van der Waals surface area contributed by atoms with E-state index in [0.717, 1.165) is 37.9 Å². The Hall–Kier alpha value is -0.0300. The summed E-state index contributed by atoms with van der Waals surface area (Å²) in [5.74, 6) is 1.91. The molecule has 1 aliphatic carbocycles. The Bertz CT molecular complexity index is 359. The summed E-state index contributed by atoms with van der Waals surface area (Å²) >= 11 is 0. The molecule has 4 nitrogen and oxygen atoms in total. The van der Waals surface area contributed by atoms with Crippen molar-refractivity contribution >= 4 is 30.7 Å². The molecule has 3 aliphatic rings. The highest BCUT2D eigenvalue weighted by molar-refractivity contribution is 5.85. The molecule has 3 atom stereocenters. The lowest BCUT2D eigenvalue weighted by atomic mass is 9.85. The summed E-state index contributed by atoms with van der Waals surface area (Å²) in [6.45, 7) is 3.09. The minimum absolute atomic E-state index is 0. The van der Waals surface area contributed by atoms with Crippen molar-refractivity contribution in [1.29, 1.82) is 0 Å². The number of hydrogen-bond acceptors (Lipinski definition) is 3. The molecule has 0 aromatic heterocycles. The lowest BCUT2D eigenvalue weighted by Gasteiger charge is -2.34. The molecule has 2 aliphatic heterocycles. The van der Waals surface area contributed by atoms with Crippen LogP contribution in [0.4, 0.5) is 0 Å². The Kier molecular flexibility index (Phi) is 8.64. The van der Waals surface area contributed by atoms with Crippen molar-refractivity contribution in [3.63, 3.8) is 0 Å². The van der Waals surface area contributed by atoms with Gasteiger partial charge in [-0.3, -0.25) is 4.79 Å². The summed E-state index contributed by atoms with van der Waals surface area (Å²) in [6.07, 6.45) is 8.73. The number of rotatable bonds is 3. The number of likely N-dealkylation sites (tertiary alicyclic amines) is 1. The number of fused-ring (bicyclic) bond motifs is 1. The predicted octanol–water partition coefficient (Wildman–Crippen LogP) is 2.55. The van der Waals surface area contributed by atoms with E-state index in [2.05, 4.69) is 29.2 Å². The van der Waals surface area contributed by atoms with Crippen LogP contribution in [0.15, 0.2) is 0 Å². The van der Waals surface area contributed by atoms with Gasteiger partial charge in [-0.25, -0.2) is 0 Å². The van der Waals surface area contributed by atoms with Gasteiger partial charge in [0.05, 0.1) is 6.04 Å². The van der Waals surface area contributed by atoms with Crippen molar-refractivity contribution in [1.82, 2.24) is 15.1 Å². The van der Waals surface area contributed by atoms with Crippen LogP contribution in [0.25, 0.3) is 0 Å². The molecule has 3 unspecified atom stereocenters. The van der Waals surface area contributed by atoms with Crippen molar-refractivity contribution in [3.8, 4) is 0 Å². The first-order chi connectivity index (χ1) is 10.1. The minimum atomic E-state index is 0. The first kappa shape index (κ1) is 21.0. The van der Waals surface area contributed by atoms with E-state index in [1.165, 1.54) is 38.5 Å². The molecular formula is C17H33Cl2N3O. The lowest BCUT2D eigenvalue weighted by molar-refractivity contribution is -0.134. The van der Waals surface area contributed by atoms with Crippen molar-refractivity contribution in [2.75, 3.05) is 33.7 Å². The third-order valence-corrected chi connectivity index (χ3v) is 5.71. The zero-order chi connectivity index (χ0) is 14.8. The van der Waals surface area contributed by atoms with Crippen LogP contribution < -0.4 is 5.32 Å². The number of halogens is 2. The highest BCUT2D eigenvalue weighted by atomic mass is 35.5. The third kappa shape index (κ3) is 5.22. The number of piperidine rings is 1. The molecule has 0 spiro atoms. The molecule has 0 aromatic carbocycles. The molecular weight excluding hydrogens is 333 g/mol. The van der Waals surface area contributed by atoms with Gasteiger partial charge >= 0.3 is 0 Å². The molecule has 6 heteroatoms. The van der Waals surface area contributed by atoms with Crippen molar-refractivity contribution in [2.24, 2.45) is 11.8 Å². The molecule has 1 amide bonds. The minimum Gasteiger partial charge on any atom is -0.341 e. The number of nitrogens with zero attached hydrogens (tertiary/aromatic N) is 2. The van der Waals surface area contributed by atoms with E-state index in [-0.39, 0.29) is 30.9 Å². The number of amides is 1. The Labute approximate surface area is 153 Å². The largest absolute Gasteiger partial charge is 0.341 e. The molecule has 23 heavy (non-hydrogen) atoms. The molecule has 0 bridgehead atoms. The summed E-state index contributed by atoms with van der Waals surface area (Å²) in [5.41, 5.74) is 0. The Morgan fingerprint density at radius 3 is 2.35 bits per heavy atom. The maximum absolute atomic E-state index is 12.7. The van der Waals surface area contributed by atoms with Gasteiger partial charge in [0.15, 0.2) is 0 Å². The van der Waals surface area contributed by atoms with Crippen LogP contribution in [-0.4, -0.2) is 61.5 Å². The van der Waals surface area contributed by atoms with Crippen LogP contribution in [0, 0.1) is 11.8 Å². The molecule has 3 fully saturated rings. The smallest absolute Gasteiger partial charge is 0.239 e. The fraction of sp³-hybridized carbons (Fsp3) is 0.941. The standard InChI is InChI=1S/C17H31N3O.2ClH/c1-19(2)12-13-7-9-20(10-8-13)17(21)16-11-14-5-3-4-6-15(14)18-16;;/h13-16,18H,3-12H2,1-2H3;2*1H. The average Bonchev–Trinajstić information content (AvgIpc) is 2.90. The Balaban J connectivity index is 0.00000132. The van der Waals surface area contributed by atoms with Gasteiger partial charge in [-0.1, -0.05) is 12.8 Å². The molecule has 3 rings (SSSR count). The van der Waals surface area contributed by atoms with Crippen LogP contribution in [0.5, 0.6) is 0 Å². The van der Waals surface area contributed by atoms with E-state index in [4.69, 9.17) is 0 Å². The second-order valence-corrected chi connectivity index (χ2v) is 7.64. The van der Waals surface area contributed by atoms with Gasteiger partial charge in [0.1, 0.15) is 0 Å². The van der Waals surface area contributed by atoms with Gasteiger partial charge in [0.2, 0.25) is 5.91 Å². The van der Waals surface area contributed by atoms with Gasteiger partial charge in [-0.15, -0.1) is 24.8 Å². The zero-order valence-corrected chi connectivity index (χ0v) is 16.1. The first-order valence-corrected chi connectivity index (χ1v) is 8.83. The molecule has 0 radical (unpaired) electrons. The van der Waals surface area contributed by atoms with Gasteiger partial charge in [-0.05, 0) is 58.0 Å². The highest BCUT2D eigenvalue weighted by Crippen LogP contribution is 2.34. The monoisotopic (exact) mass is 365 g/mol. The quantitative estimate of drug-likeness (QED) is 0.834. The maximum Gasteiger partial charge on any atom is 0.239 e. The van der Waals surface area contributed by atoms with E-state index in [9.17, 15) is 4.79 Å². The second-order valence-electron chi connectivity index (χ2n) is 7.64. The summed E-state index contributed by atoms with van der Waals surface area (Å²) in [6, 6.07) is 0.738. The third-order valence-electron chi connectivity index (χ3n) is 5.71. The number of hydrogen-bond donors (Lipinski definition) is 1. The highest BCUT2D eigenvalue weighted by Gasteiger charge is 2.40. The Morgan fingerprint density at radius 1 is 1.09 bits per heavy atom. The van der Waals surface area contributed by atoms with E-state index in [0.29, 0.717) is 11.9 Å². The molecule has 0 aromatic rings. The van der Waals surface area contributed by atoms with Crippen molar-refractivity contribution < 1.29 is 4.79 Å². The van der Waals surface area contributed by atoms with Crippen LogP contribution in [0.1, 0.15) is 44.9 Å². The van der Waals surface area contributed by atoms with Gasteiger partial charge in [0.25, 0.3) is 0 Å². The van der Waals surface area contributed by atoms with E-state index in [1.807, 2.05) is 0 Å². The molecule has 1 N–H and O–H groups in total. The predicted molar refractivity (Wildman–Crippen MR) is 99.6 cm³/mol. The summed E-state index contributed by atoms with van der Waals surface area (Å²) in [4.78, 5) is 17.1. The SMILES string of the molecule is CN(C)CC1CCN(C(=O)C2CC3CCCCC3N2)CC1.Cl.Cl. The van der Waals surface area contributed by atoms with E-state index < -0.39 is 0 Å². The Morgan fingerprint density at radius 2 is 1.74 bits per heavy atom. The number of nitrogens with one attached hydrogen (secondary N) is 1. The summed E-state index contributed by atoms with van der Waals surface area (Å²) in [7, 11) is 4.28. The fourth-order valence-electron chi connectivity index (χ4n) is 4.58. The fourth-order valence-corrected chi connectivity index (χ4v) is 4.58. The first-order valence-electron chi connectivity index (χ1n) is 8.83. The normalized spacial score (nSPS) is 31.3. The number of carbonyl (C=O) groups is 1. The van der Waals surface area contributed by atoms with Crippen LogP contribution in [0.3, 0.4) is 0 Å². The maximum atomic E-state index is 12.7. The van der Waals surface area contributed by atoms with Crippen LogP contribution >= 0.6 is 24.8 Å².